The molecule has 152 valence electrons. The molecule has 0 atom stereocenters. The van der Waals surface area contributed by atoms with Crippen molar-refractivity contribution in [1.82, 2.24) is 25.2 Å². The molecule has 1 N–H and O–H groups in total. The number of carbonyl (C=O) groups excluding carboxylic acids is 1. The van der Waals surface area contributed by atoms with Crippen LogP contribution in [0.3, 0.4) is 0 Å². The highest BCUT2D eigenvalue weighted by Gasteiger charge is 2.15. The minimum Gasteiger partial charge on any atom is -0.496 e. The molecule has 0 radical (unpaired) electrons. The Hall–Kier alpha value is -3.59. The van der Waals surface area contributed by atoms with Crippen molar-refractivity contribution in [3.8, 4) is 28.4 Å². The fourth-order valence-corrected chi connectivity index (χ4v) is 3.78. The average molecular weight is 420 g/mol. The molecule has 0 aliphatic heterocycles. The predicted octanol–water partition coefficient (Wildman–Crippen LogP) is 4.05. The molecule has 8 nitrogen and oxygen atoms in total. The average Bonchev–Trinajstić information content (AvgIpc) is 3.43. The fourth-order valence-electron chi connectivity index (χ4n) is 3.07. The van der Waals surface area contributed by atoms with Crippen LogP contribution in [0.25, 0.3) is 22.6 Å². The molecule has 30 heavy (non-hydrogen) atoms. The maximum absolute atomic E-state index is 12.8. The molecule has 4 rings (SSSR count). The summed E-state index contributed by atoms with van der Waals surface area (Å²) in [7, 11) is 1.63. The van der Waals surface area contributed by atoms with Crippen LogP contribution in [0.4, 0.5) is 5.13 Å². The van der Waals surface area contributed by atoms with Gasteiger partial charge in [0.05, 0.1) is 12.8 Å². The highest BCUT2D eigenvalue weighted by Crippen LogP contribution is 2.33. The van der Waals surface area contributed by atoms with Gasteiger partial charge in [0.1, 0.15) is 5.75 Å². The van der Waals surface area contributed by atoms with E-state index in [2.05, 4.69) is 25.8 Å². The van der Waals surface area contributed by atoms with Crippen molar-refractivity contribution in [1.29, 1.82) is 0 Å². The molecule has 0 fully saturated rings. The van der Waals surface area contributed by atoms with Gasteiger partial charge < -0.3 is 4.74 Å². The number of hydrogen-bond donors (Lipinski definition) is 1. The number of carbonyl (C=O) groups is 1. The molecule has 2 heterocycles. The summed E-state index contributed by atoms with van der Waals surface area (Å²) in [4.78, 5) is 17.4. The van der Waals surface area contributed by atoms with Crippen molar-refractivity contribution in [2.45, 2.75) is 20.4 Å². The van der Waals surface area contributed by atoms with Gasteiger partial charge in [-0.15, -0.1) is 16.4 Å². The van der Waals surface area contributed by atoms with Gasteiger partial charge in [-0.05, 0) is 48.5 Å². The first-order valence-electron chi connectivity index (χ1n) is 9.37. The number of aromatic nitrogens is 5. The second-order valence-electron chi connectivity index (χ2n) is 6.59. The molecule has 0 unspecified atom stereocenters. The third-order valence-corrected chi connectivity index (χ3v) is 5.33. The molecule has 9 heteroatoms. The molecular weight excluding hydrogens is 400 g/mol. The lowest BCUT2D eigenvalue weighted by atomic mass is 10.1. The summed E-state index contributed by atoms with van der Waals surface area (Å²) in [6.07, 6.45) is 0. The van der Waals surface area contributed by atoms with Crippen molar-refractivity contribution in [3.05, 3.63) is 59.0 Å². The van der Waals surface area contributed by atoms with Crippen molar-refractivity contribution in [3.63, 3.8) is 0 Å². The van der Waals surface area contributed by atoms with Crippen molar-refractivity contribution in [2.75, 3.05) is 12.4 Å². The molecule has 2 aromatic carbocycles. The number of hydrogen-bond acceptors (Lipinski definition) is 7. The van der Waals surface area contributed by atoms with E-state index in [1.807, 2.05) is 49.6 Å². The van der Waals surface area contributed by atoms with Crippen LogP contribution < -0.4 is 10.1 Å². The van der Waals surface area contributed by atoms with Gasteiger partial charge in [-0.3, -0.25) is 10.1 Å². The number of nitrogens with one attached hydrogen (secondary N) is 1. The van der Waals surface area contributed by atoms with Crippen LogP contribution >= 0.6 is 11.3 Å². The summed E-state index contributed by atoms with van der Waals surface area (Å²) < 4.78 is 7.12. The molecular formula is C21H20N6O2S. The van der Waals surface area contributed by atoms with Crippen LogP contribution in [0.2, 0.25) is 0 Å². The molecule has 0 aliphatic carbocycles. The minimum absolute atomic E-state index is 0.246. The highest BCUT2D eigenvalue weighted by molar-refractivity contribution is 7.14. The third-order valence-electron chi connectivity index (χ3n) is 4.57. The first-order valence-corrected chi connectivity index (χ1v) is 10.3. The molecule has 0 saturated heterocycles. The normalized spacial score (nSPS) is 10.8. The van der Waals surface area contributed by atoms with Gasteiger partial charge in [0.2, 0.25) is 0 Å². The number of thiazole rings is 1. The van der Waals surface area contributed by atoms with Crippen molar-refractivity contribution >= 4 is 22.4 Å². The van der Waals surface area contributed by atoms with E-state index in [0.717, 1.165) is 28.1 Å². The number of nitrogens with zero attached hydrogens (tertiary/aromatic N) is 5. The highest BCUT2D eigenvalue weighted by atomic mass is 32.1. The van der Waals surface area contributed by atoms with Gasteiger partial charge in [0.15, 0.2) is 11.0 Å². The van der Waals surface area contributed by atoms with E-state index in [0.29, 0.717) is 23.1 Å². The molecule has 0 aliphatic rings. The van der Waals surface area contributed by atoms with Gasteiger partial charge in [0.25, 0.3) is 5.91 Å². The van der Waals surface area contributed by atoms with Gasteiger partial charge in [-0.25, -0.2) is 9.67 Å². The Morgan fingerprint density at radius 1 is 1.23 bits per heavy atom. The summed E-state index contributed by atoms with van der Waals surface area (Å²) in [5.41, 5.74) is 4.03. The third kappa shape index (κ3) is 3.92. The van der Waals surface area contributed by atoms with E-state index in [-0.39, 0.29) is 5.91 Å². The Morgan fingerprint density at radius 3 is 2.90 bits per heavy atom. The lowest BCUT2D eigenvalue weighted by Gasteiger charge is -2.07. The first kappa shape index (κ1) is 19.7. The Bertz CT molecular complexity index is 1200. The maximum Gasteiger partial charge on any atom is 0.257 e. The van der Waals surface area contributed by atoms with Crippen LogP contribution in [-0.4, -0.2) is 38.2 Å². The minimum atomic E-state index is -0.246. The summed E-state index contributed by atoms with van der Waals surface area (Å²) in [5, 5.41) is 17.0. The zero-order chi connectivity index (χ0) is 21.1. The maximum atomic E-state index is 12.8. The van der Waals surface area contributed by atoms with Crippen LogP contribution in [0.5, 0.6) is 5.75 Å². The van der Waals surface area contributed by atoms with Crippen LogP contribution in [0.1, 0.15) is 22.8 Å². The van der Waals surface area contributed by atoms with Gasteiger partial charge in [-0.1, -0.05) is 23.8 Å². The van der Waals surface area contributed by atoms with Gasteiger partial charge in [-0.2, -0.15) is 0 Å². The molecule has 2 aromatic heterocycles. The lowest BCUT2D eigenvalue weighted by molar-refractivity contribution is 0.102. The summed E-state index contributed by atoms with van der Waals surface area (Å²) in [6.45, 7) is 4.61. The van der Waals surface area contributed by atoms with Crippen LogP contribution in [0.15, 0.2) is 47.8 Å². The first-order chi connectivity index (χ1) is 14.6. The summed E-state index contributed by atoms with van der Waals surface area (Å²) >= 11 is 1.37. The Labute approximate surface area is 177 Å². The number of benzene rings is 2. The fraction of sp³-hybridized carbons (Fsp3) is 0.190. The van der Waals surface area contributed by atoms with E-state index in [4.69, 9.17) is 4.74 Å². The second kappa shape index (κ2) is 8.42. The van der Waals surface area contributed by atoms with E-state index in [1.165, 1.54) is 11.3 Å². The summed E-state index contributed by atoms with van der Waals surface area (Å²) in [6, 6.07) is 13.1. The predicted molar refractivity (Wildman–Crippen MR) is 116 cm³/mol. The molecule has 1 amide bonds. The van der Waals surface area contributed by atoms with Gasteiger partial charge in [0, 0.05) is 28.6 Å². The zero-order valence-electron chi connectivity index (χ0n) is 16.8. The molecule has 0 spiro atoms. The largest absolute Gasteiger partial charge is 0.496 e. The van der Waals surface area contributed by atoms with Crippen molar-refractivity contribution < 1.29 is 9.53 Å². The van der Waals surface area contributed by atoms with E-state index in [1.54, 1.807) is 23.9 Å². The quantitative estimate of drug-likeness (QED) is 0.506. The lowest BCUT2D eigenvalue weighted by Crippen LogP contribution is -2.12. The Morgan fingerprint density at radius 2 is 2.10 bits per heavy atom. The number of rotatable bonds is 6. The smallest absolute Gasteiger partial charge is 0.257 e. The topological polar surface area (TPSA) is 94.8 Å². The van der Waals surface area contributed by atoms with E-state index >= 15 is 0 Å². The number of ether oxygens (including phenoxy) is 1. The van der Waals surface area contributed by atoms with Gasteiger partial charge >= 0.3 is 0 Å². The molecule has 0 bridgehead atoms. The van der Waals surface area contributed by atoms with Crippen LogP contribution in [0, 0.1) is 6.92 Å². The van der Waals surface area contributed by atoms with Crippen LogP contribution in [-0.2, 0) is 6.54 Å². The standard InChI is InChI=1S/C21H20N6O2S/c1-4-27-19(24-25-26-27)14-6-5-7-15(11-14)20(28)23-21-22-17(12-30-21)16-10-13(2)8-9-18(16)29-3/h5-12H,4H2,1-3H3,(H,22,23,28). The Kier molecular flexibility index (Phi) is 5.53. The second-order valence-corrected chi connectivity index (χ2v) is 7.45. The Balaban J connectivity index is 1.56. The van der Waals surface area contributed by atoms with E-state index in [9.17, 15) is 4.79 Å². The number of amides is 1. The number of methoxy groups -OCH3 is 1. The monoisotopic (exact) mass is 420 g/mol. The molecule has 0 saturated carbocycles. The SMILES string of the molecule is CCn1nnnc1-c1cccc(C(=O)Nc2nc(-c3cc(C)ccc3OC)cs2)c1. The van der Waals surface area contributed by atoms with E-state index < -0.39 is 0 Å². The number of tetrazole rings is 1. The molecule has 4 aromatic rings. The number of aryl methyl sites for hydroxylation is 2. The zero-order valence-corrected chi connectivity index (χ0v) is 17.6. The number of anilines is 1. The van der Waals surface area contributed by atoms with Crippen molar-refractivity contribution in [2.24, 2.45) is 0 Å². The summed E-state index contributed by atoms with van der Waals surface area (Å²) in [5.74, 6) is 1.12.